The number of hydrogen-bond acceptors (Lipinski definition) is 3. The van der Waals surface area contributed by atoms with E-state index in [0.29, 0.717) is 11.2 Å². The van der Waals surface area contributed by atoms with Crippen molar-refractivity contribution in [1.29, 1.82) is 0 Å². The van der Waals surface area contributed by atoms with Crippen molar-refractivity contribution >= 4 is 23.4 Å². The van der Waals surface area contributed by atoms with Gasteiger partial charge >= 0.3 is 0 Å². The third-order valence-corrected chi connectivity index (χ3v) is 5.51. The molecule has 1 fully saturated rings. The minimum absolute atomic E-state index is 0.0395. The maximum Gasteiger partial charge on any atom is 0.221 e. The van der Waals surface area contributed by atoms with Crippen molar-refractivity contribution in [1.82, 2.24) is 0 Å². The molecule has 0 spiro atoms. The normalized spacial score (nSPS) is 30.0. The second-order valence-corrected chi connectivity index (χ2v) is 7.26. The first-order chi connectivity index (χ1) is 9.45. The van der Waals surface area contributed by atoms with E-state index >= 15 is 0 Å². The van der Waals surface area contributed by atoms with Gasteiger partial charge in [-0.3, -0.25) is 4.79 Å². The molecule has 1 aliphatic carbocycles. The van der Waals surface area contributed by atoms with Gasteiger partial charge in [0.25, 0.3) is 0 Å². The molecule has 0 aliphatic heterocycles. The van der Waals surface area contributed by atoms with Gasteiger partial charge in [-0.2, -0.15) is 0 Å². The number of hydrogen-bond donors (Lipinski definition) is 2. The smallest absolute Gasteiger partial charge is 0.221 e. The van der Waals surface area contributed by atoms with Gasteiger partial charge in [0.2, 0.25) is 5.91 Å². The summed E-state index contributed by atoms with van der Waals surface area (Å²) in [6.45, 7) is 6.12. The Morgan fingerprint density at radius 1 is 1.25 bits per heavy atom. The molecule has 1 aliphatic rings. The summed E-state index contributed by atoms with van der Waals surface area (Å²) >= 11 is 1.87. The summed E-state index contributed by atoms with van der Waals surface area (Å²) in [7, 11) is 0. The van der Waals surface area contributed by atoms with E-state index in [1.165, 1.54) is 18.2 Å². The number of thioether (sulfide) groups is 1. The molecule has 4 unspecified atom stereocenters. The Balaban J connectivity index is 2.00. The molecule has 1 aromatic carbocycles. The second-order valence-electron chi connectivity index (χ2n) is 6.01. The van der Waals surface area contributed by atoms with E-state index < -0.39 is 0 Å². The lowest BCUT2D eigenvalue weighted by Crippen LogP contribution is -2.42. The largest absolute Gasteiger partial charge is 0.327 e. The van der Waals surface area contributed by atoms with Gasteiger partial charge in [0.05, 0.1) is 0 Å². The molecule has 3 N–H and O–H groups in total. The molecular formula is C16H24N2OS. The molecule has 0 aromatic heterocycles. The maximum absolute atomic E-state index is 11.0. The van der Waals surface area contributed by atoms with Crippen molar-refractivity contribution in [3.63, 3.8) is 0 Å². The highest BCUT2D eigenvalue weighted by Crippen LogP contribution is 2.39. The first kappa shape index (κ1) is 15.4. The summed E-state index contributed by atoms with van der Waals surface area (Å²) in [5, 5.41) is 3.27. The Morgan fingerprint density at radius 3 is 2.45 bits per heavy atom. The van der Waals surface area contributed by atoms with Gasteiger partial charge in [0.1, 0.15) is 0 Å². The van der Waals surface area contributed by atoms with Crippen molar-refractivity contribution in [2.45, 2.75) is 49.8 Å². The Kier molecular flexibility index (Phi) is 5.11. The number of carbonyl (C=O) groups excluding carboxylic acids is 1. The molecule has 110 valence electrons. The molecule has 20 heavy (non-hydrogen) atoms. The highest BCUT2D eigenvalue weighted by Gasteiger charge is 2.32. The minimum atomic E-state index is -0.0395. The van der Waals surface area contributed by atoms with Crippen LogP contribution in [0.5, 0.6) is 0 Å². The lowest BCUT2D eigenvalue weighted by Gasteiger charge is -2.37. The van der Waals surface area contributed by atoms with E-state index in [2.05, 4.69) is 31.3 Å². The van der Waals surface area contributed by atoms with Crippen LogP contribution in [0.25, 0.3) is 0 Å². The third kappa shape index (κ3) is 4.00. The summed E-state index contributed by atoms with van der Waals surface area (Å²) in [5.41, 5.74) is 7.17. The molecule has 0 radical (unpaired) electrons. The van der Waals surface area contributed by atoms with Gasteiger partial charge in [0, 0.05) is 28.8 Å². The fourth-order valence-corrected chi connectivity index (χ4v) is 4.30. The Bertz CT molecular complexity index is 448. The number of rotatable bonds is 3. The van der Waals surface area contributed by atoms with Crippen LogP contribution in [0.3, 0.4) is 0 Å². The van der Waals surface area contributed by atoms with E-state index in [1.807, 2.05) is 23.9 Å². The van der Waals surface area contributed by atoms with Crippen LogP contribution in [-0.2, 0) is 4.79 Å². The van der Waals surface area contributed by atoms with Crippen LogP contribution in [0.15, 0.2) is 29.2 Å². The lowest BCUT2D eigenvalue weighted by molar-refractivity contribution is -0.114. The van der Waals surface area contributed by atoms with Gasteiger partial charge < -0.3 is 11.1 Å². The van der Waals surface area contributed by atoms with E-state index in [4.69, 9.17) is 5.73 Å². The van der Waals surface area contributed by atoms with Crippen molar-refractivity contribution in [2.24, 2.45) is 17.6 Å². The minimum Gasteiger partial charge on any atom is -0.327 e. The fourth-order valence-electron chi connectivity index (χ4n) is 3.07. The zero-order chi connectivity index (χ0) is 14.7. The summed E-state index contributed by atoms with van der Waals surface area (Å²) in [6.07, 6.45) is 2.38. The van der Waals surface area contributed by atoms with Crippen LogP contribution in [0.4, 0.5) is 5.69 Å². The number of nitrogens with two attached hydrogens (primary N) is 1. The SMILES string of the molecule is CC(=O)Nc1ccc(SC2C(C)CC(C)CC2N)cc1. The van der Waals surface area contributed by atoms with Crippen LogP contribution in [-0.4, -0.2) is 17.2 Å². The standard InChI is InChI=1S/C16H24N2OS/c1-10-8-11(2)16(15(17)9-10)20-14-6-4-13(5-7-14)18-12(3)19/h4-7,10-11,15-16H,8-9,17H2,1-3H3,(H,18,19). The van der Waals surface area contributed by atoms with Crippen LogP contribution in [0, 0.1) is 11.8 Å². The molecule has 2 rings (SSSR count). The van der Waals surface area contributed by atoms with E-state index in [9.17, 15) is 4.79 Å². The Morgan fingerprint density at radius 2 is 1.90 bits per heavy atom. The van der Waals surface area contributed by atoms with Crippen molar-refractivity contribution in [3.05, 3.63) is 24.3 Å². The topological polar surface area (TPSA) is 55.1 Å². The van der Waals surface area contributed by atoms with Crippen LogP contribution >= 0.6 is 11.8 Å². The summed E-state index contributed by atoms with van der Waals surface area (Å²) in [6, 6.07) is 8.30. The molecule has 1 amide bonds. The quantitative estimate of drug-likeness (QED) is 0.896. The molecule has 0 saturated heterocycles. The number of carbonyl (C=O) groups is 1. The summed E-state index contributed by atoms with van der Waals surface area (Å²) < 4.78 is 0. The number of anilines is 1. The predicted octanol–water partition coefficient (Wildman–Crippen LogP) is 3.50. The highest BCUT2D eigenvalue weighted by atomic mass is 32.2. The molecule has 0 heterocycles. The van der Waals surface area contributed by atoms with Crippen molar-refractivity contribution in [3.8, 4) is 0 Å². The molecule has 3 nitrogen and oxygen atoms in total. The van der Waals surface area contributed by atoms with E-state index in [1.54, 1.807) is 0 Å². The second kappa shape index (κ2) is 6.64. The van der Waals surface area contributed by atoms with Crippen LogP contribution in [0.2, 0.25) is 0 Å². The Hall–Kier alpha value is -1.00. The van der Waals surface area contributed by atoms with Gasteiger partial charge in [-0.05, 0) is 48.9 Å². The summed E-state index contributed by atoms with van der Waals surface area (Å²) in [5.74, 6) is 1.34. The van der Waals surface area contributed by atoms with Gasteiger partial charge in [0.15, 0.2) is 0 Å². The first-order valence-corrected chi connectivity index (χ1v) is 8.13. The van der Waals surface area contributed by atoms with Crippen molar-refractivity contribution in [2.75, 3.05) is 5.32 Å². The zero-order valence-electron chi connectivity index (χ0n) is 12.4. The molecule has 0 bridgehead atoms. The Labute approximate surface area is 125 Å². The van der Waals surface area contributed by atoms with Crippen LogP contribution < -0.4 is 11.1 Å². The molecule has 1 aromatic rings. The lowest BCUT2D eigenvalue weighted by atomic mass is 9.80. The molecule has 4 heteroatoms. The molecule has 4 atom stereocenters. The van der Waals surface area contributed by atoms with Crippen molar-refractivity contribution < 1.29 is 4.79 Å². The highest BCUT2D eigenvalue weighted by molar-refractivity contribution is 8.00. The molecular weight excluding hydrogens is 268 g/mol. The summed E-state index contributed by atoms with van der Waals surface area (Å²) in [4.78, 5) is 12.2. The fraction of sp³-hybridized carbons (Fsp3) is 0.562. The number of amides is 1. The van der Waals surface area contributed by atoms with E-state index in [0.717, 1.165) is 18.0 Å². The zero-order valence-corrected chi connectivity index (χ0v) is 13.2. The third-order valence-electron chi connectivity index (χ3n) is 3.88. The average molecular weight is 292 g/mol. The van der Waals surface area contributed by atoms with Gasteiger partial charge in [-0.15, -0.1) is 11.8 Å². The molecule has 1 saturated carbocycles. The number of nitrogens with one attached hydrogen (secondary N) is 1. The number of benzene rings is 1. The predicted molar refractivity (Wildman–Crippen MR) is 85.9 cm³/mol. The monoisotopic (exact) mass is 292 g/mol. The van der Waals surface area contributed by atoms with E-state index in [-0.39, 0.29) is 11.9 Å². The van der Waals surface area contributed by atoms with Gasteiger partial charge in [-0.1, -0.05) is 13.8 Å². The first-order valence-electron chi connectivity index (χ1n) is 7.25. The average Bonchev–Trinajstić information content (AvgIpc) is 2.35. The van der Waals surface area contributed by atoms with Crippen LogP contribution in [0.1, 0.15) is 33.6 Å². The maximum atomic E-state index is 11.0. The van der Waals surface area contributed by atoms with Gasteiger partial charge in [-0.25, -0.2) is 0 Å².